The number of rotatable bonds is 14. The van der Waals surface area contributed by atoms with Gasteiger partial charge in [0.25, 0.3) is 5.91 Å². The highest BCUT2D eigenvalue weighted by Crippen LogP contribution is 2.42. The number of likely N-dealkylation sites (tertiary alicyclic amines) is 2. The molecule has 0 aliphatic carbocycles. The molecule has 2 aliphatic heterocycles. The Bertz CT molecular complexity index is 1990. The standard InChI is InChI=1S/C42H48N4O7/c1-49-35-25-30(26-36(50-2)39(35)52-4)41(48)45-23-19-42(28-45,31-11-6-5-7-12-31)18-22-44-20-16-29(17-21-44)38(47)40-43-33-14-8-9-15-34(33)46(40)37(51-3)27-32-13-10-24-53-32/h5-15,24-26,29,37H,16-23,27-28H2,1-4H3. The fourth-order valence-electron chi connectivity index (χ4n) is 8.17. The molecule has 0 N–H and O–H groups in total. The van der Waals surface area contributed by atoms with Gasteiger partial charge in [-0.3, -0.25) is 14.2 Å². The number of nitrogens with zero attached hydrogens (tertiary/aromatic N) is 4. The minimum absolute atomic E-state index is 0.0554. The Morgan fingerprint density at radius 3 is 2.26 bits per heavy atom. The van der Waals surface area contributed by atoms with Crippen molar-refractivity contribution in [3.63, 3.8) is 0 Å². The number of hydrogen-bond donors (Lipinski definition) is 0. The Kier molecular flexibility index (Phi) is 10.8. The highest BCUT2D eigenvalue weighted by molar-refractivity contribution is 5.98. The van der Waals surface area contributed by atoms with E-state index in [2.05, 4.69) is 29.2 Å². The number of para-hydroxylation sites is 2. The molecule has 7 rings (SSSR count). The van der Waals surface area contributed by atoms with Crippen LogP contribution in [0.25, 0.3) is 11.0 Å². The molecule has 2 fully saturated rings. The zero-order valence-corrected chi connectivity index (χ0v) is 31.0. The van der Waals surface area contributed by atoms with E-state index < -0.39 is 6.23 Å². The summed E-state index contributed by atoms with van der Waals surface area (Å²) in [6, 6.07) is 25.6. The number of ether oxygens (including phenoxy) is 4. The first-order valence-electron chi connectivity index (χ1n) is 18.3. The smallest absolute Gasteiger partial charge is 0.254 e. The number of Topliss-reactive ketones (excluding diaryl/α,β-unsaturated/α-hetero) is 1. The lowest BCUT2D eigenvalue weighted by molar-refractivity contribution is 0.0394. The molecule has 0 radical (unpaired) electrons. The first kappa shape index (κ1) is 36.2. The van der Waals surface area contributed by atoms with Gasteiger partial charge in [-0.05, 0) is 87.3 Å². The van der Waals surface area contributed by atoms with Crippen LogP contribution in [0.4, 0.5) is 0 Å². The molecule has 2 unspecified atom stereocenters. The number of hydrogen-bond acceptors (Lipinski definition) is 9. The maximum absolute atomic E-state index is 14.2. The zero-order chi connectivity index (χ0) is 37.0. The second kappa shape index (κ2) is 15.9. The van der Waals surface area contributed by atoms with Crippen molar-refractivity contribution in [2.45, 2.75) is 43.7 Å². The van der Waals surface area contributed by atoms with Crippen molar-refractivity contribution in [3.05, 3.63) is 108 Å². The van der Waals surface area contributed by atoms with Gasteiger partial charge in [0, 0.05) is 37.1 Å². The molecule has 11 heteroatoms. The fourth-order valence-corrected chi connectivity index (χ4v) is 8.17. The van der Waals surface area contributed by atoms with Gasteiger partial charge in [-0.1, -0.05) is 42.5 Å². The van der Waals surface area contributed by atoms with Crippen molar-refractivity contribution < 1.29 is 33.0 Å². The van der Waals surface area contributed by atoms with E-state index >= 15 is 0 Å². The lowest BCUT2D eigenvalue weighted by Crippen LogP contribution is -2.41. The molecule has 4 heterocycles. The van der Waals surface area contributed by atoms with E-state index in [1.54, 1.807) is 46.8 Å². The van der Waals surface area contributed by atoms with Crippen LogP contribution in [0.5, 0.6) is 17.2 Å². The molecule has 0 spiro atoms. The minimum Gasteiger partial charge on any atom is -0.493 e. The summed E-state index contributed by atoms with van der Waals surface area (Å²) in [7, 11) is 6.32. The van der Waals surface area contributed by atoms with Crippen LogP contribution in [-0.2, 0) is 16.6 Å². The number of fused-ring (bicyclic) bond motifs is 1. The Labute approximate surface area is 310 Å². The number of methoxy groups -OCH3 is 4. The molecular formula is C42H48N4O7. The van der Waals surface area contributed by atoms with Gasteiger partial charge in [-0.25, -0.2) is 4.98 Å². The first-order chi connectivity index (χ1) is 25.9. The number of imidazole rings is 1. The monoisotopic (exact) mass is 720 g/mol. The Morgan fingerprint density at radius 2 is 1.60 bits per heavy atom. The van der Waals surface area contributed by atoms with Gasteiger partial charge in [0.15, 0.2) is 17.3 Å². The molecule has 2 aliphatic rings. The van der Waals surface area contributed by atoms with E-state index in [1.807, 2.05) is 51.9 Å². The quantitative estimate of drug-likeness (QED) is 0.114. The summed E-state index contributed by atoms with van der Waals surface area (Å²) in [5.74, 6) is 2.45. The summed E-state index contributed by atoms with van der Waals surface area (Å²) in [6.07, 6.45) is 4.95. The molecular weight excluding hydrogens is 672 g/mol. The molecule has 1 amide bonds. The molecule has 0 saturated carbocycles. The molecule has 11 nitrogen and oxygen atoms in total. The Morgan fingerprint density at radius 1 is 0.887 bits per heavy atom. The number of carbonyl (C=O) groups excluding carboxylic acids is 2. The second-order valence-corrected chi connectivity index (χ2v) is 14.0. The number of ketones is 1. The highest BCUT2D eigenvalue weighted by Gasteiger charge is 2.42. The van der Waals surface area contributed by atoms with Crippen LogP contribution in [0.1, 0.15) is 64.2 Å². The summed E-state index contributed by atoms with van der Waals surface area (Å²) < 4.78 is 30.1. The van der Waals surface area contributed by atoms with Crippen molar-refractivity contribution in [1.29, 1.82) is 0 Å². The number of benzene rings is 3. The van der Waals surface area contributed by atoms with Crippen LogP contribution in [0, 0.1) is 5.92 Å². The van der Waals surface area contributed by atoms with Gasteiger partial charge in [0.1, 0.15) is 12.0 Å². The number of furan rings is 1. The van der Waals surface area contributed by atoms with Gasteiger partial charge < -0.3 is 33.2 Å². The topological polar surface area (TPSA) is 109 Å². The van der Waals surface area contributed by atoms with Crippen LogP contribution >= 0.6 is 0 Å². The van der Waals surface area contributed by atoms with Crippen molar-refractivity contribution >= 4 is 22.7 Å². The Hall–Kier alpha value is -5.13. The molecule has 2 saturated heterocycles. The average Bonchev–Trinajstić information content (AvgIpc) is 3.98. The third-order valence-electron chi connectivity index (χ3n) is 11.1. The Balaban J connectivity index is 1.04. The van der Waals surface area contributed by atoms with Crippen LogP contribution in [0.15, 0.2) is 89.5 Å². The van der Waals surface area contributed by atoms with E-state index in [0.717, 1.165) is 62.1 Å². The van der Waals surface area contributed by atoms with Crippen molar-refractivity contribution in [2.75, 3.05) is 61.2 Å². The van der Waals surface area contributed by atoms with Crippen LogP contribution < -0.4 is 14.2 Å². The van der Waals surface area contributed by atoms with E-state index in [9.17, 15) is 9.59 Å². The lowest BCUT2D eigenvalue weighted by atomic mass is 9.76. The van der Waals surface area contributed by atoms with E-state index in [4.69, 9.17) is 28.3 Å². The van der Waals surface area contributed by atoms with Gasteiger partial charge in [-0.2, -0.15) is 0 Å². The molecule has 0 bridgehead atoms. The summed E-state index contributed by atoms with van der Waals surface area (Å²) in [5.41, 5.74) is 3.19. The fraction of sp³-hybridized carbons (Fsp3) is 0.405. The number of piperidine rings is 1. The summed E-state index contributed by atoms with van der Waals surface area (Å²) in [4.78, 5) is 37.4. The van der Waals surface area contributed by atoms with Gasteiger partial charge in [0.05, 0.1) is 45.0 Å². The molecule has 2 atom stereocenters. The number of carbonyl (C=O) groups is 2. The number of amides is 1. The van der Waals surface area contributed by atoms with Crippen LogP contribution in [-0.4, -0.2) is 92.2 Å². The minimum atomic E-state index is -0.437. The third-order valence-corrected chi connectivity index (χ3v) is 11.1. The SMILES string of the molecule is COc1cc(C(=O)N2CCC(CCN3CCC(C(=O)c4nc5ccccc5n4C(Cc4ccco4)OC)CC3)(c3ccccc3)C2)cc(OC)c1OC. The van der Waals surface area contributed by atoms with Crippen LogP contribution in [0.3, 0.4) is 0 Å². The highest BCUT2D eigenvalue weighted by atomic mass is 16.5. The van der Waals surface area contributed by atoms with Crippen molar-refractivity contribution in [2.24, 2.45) is 5.92 Å². The average molecular weight is 721 g/mol. The summed E-state index contributed by atoms with van der Waals surface area (Å²) in [5, 5.41) is 0. The van der Waals surface area contributed by atoms with E-state index in [0.29, 0.717) is 48.1 Å². The van der Waals surface area contributed by atoms with Crippen LogP contribution in [0.2, 0.25) is 0 Å². The molecule has 278 valence electrons. The van der Waals surface area contributed by atoms with Gasteiger partial charge >= 0.3 is 0 Å². The van der Waals surface area contributed by atoms with E-state index in [1.165, 1.54) is 5.56 Å². The van der Waals surface area contributed by atoms with Gasteiger partial charge in [-0.15, -0.1) is 0 Å². The molecule has 3 aromatic carbocycles. The predicted molar refractivity (Wildman–Crippen MR) is 201 cm³/mol. The molecule has 5 aromatic rings. The van der Waals surface area contributed by atoms with E-state index in [-0.39, 0.29) is 23.0 Å². The van der Waals surface area contributed by atoms with Gasteiger partial charge in [0.2, 0.25) is 11.5 Å². The zero-order valence-electron chi connectivity index (χ0n) is 31.0. The maximum atomic E-state index is 14.2. The summed E-state index contributed by atoms with van der Waals surface area (Å²) in [6.45, 7) is 3.75. The molecule has 53 heavy (non-hydrogen) atoms. The number of aromatic nitrogens is 2. The lowest BCUT2D eigenvalue weighted by Gasteiger charge is -2.36. The first-order valence-corrected chi connectivity index (χ1v) is 18.3. The normalized spacial score (nSPS) is 18.7. The predicted octanol–water partition coefficient (Wildman–Crippen LogP) is 6.81. The summed E-state index contributed by atoms with van der Waals surface area (Å²) >= 11 is 0. The maximum Gasteiger partial charge on any atom is 0.254 e. The second-order valence-electron chi connectivity index (χ2n) is 14.0. The van der Waals surface area contributed by atoms with Crippen molar-refractivity contribution in [3.8, 4) is 17.2 Å². The largest absolute Gasteiger partial charge is 0.493 e. The third kappa shape index (κ3) is 7.28. The molecule has 2 aromatic heterocycles. The van der Waals surface area contributed by atoms with Crippen molar-refractivity contribution in [1.82, 2.24) is 19.4 Å².